The zero-order valence-corrected chi connectivity index (χ0v) is 18.6. The first-order valence-electron chi connectivity index (χ1n) is 10.7. The van der Waals surface area contributed by atoms with Gasteiger partial charge in [-0.1, -0.05) is 55.5 Å². The first-order chi connectivity index (χ1) is 16.0. The molecule has 33 heavy (non-hydrogen) atoms. The molecule has 2 atom stereocenters. The van der Waals surface area contributed by atoms with Crippen molar-refractivity contribution in [3.63, 3.8) is 0 Å². The van der Waals surface area contributed by atoms with Gasteiger partial charge in [-0.25, -0.2) is 15.1 Å². The summed E-state index contributed by atoms with van der Waals surface area (Å²) in [5, 5.41) is 11.6. The van der Waals surface area contributed by atoms with Crippen LogP contribution >= 0.6 is 0 Å². The molecule has 2 aromatic rings. The Morgan fingerprint density at radius 3 is 2.18 bits per heavy atom. The summed E-state index contributed by atoms with van der Waals surface area (Å²) in [7, 11) is 1.33. The molecule has 3 N–H and O–H groups in total. The Morgan fingerprint density at radius 1 is 1.03 bits per heavy atom. The minimum Gasteiger partial charge on any atom is -0.479 e. The monoisotopic (exact) mass is 456 g/mol. The van der Waals surface area contributed by atoms with Gasteiger partial charge in [0.1, 0.15) is 6.61 Å². The van der Waals surface area contributed by atoms with Crippen molar-refractivity contribution < 1.29 is 33.8 Å². The molecule has 0 bridgehead atoms. The molecule has 0 saturated heterocycles. The lowest BCUT2D eigenvalue weighted by atomic mass is 9.98. The fourth-order valence-electron chi connectivity index (χ4n) is 3.80. The molecule has 0 saturated carbocycles. The number of alkyl carbamates (subject to hydrolysis) is 1. The van der Waals surface area contributed by atoms with Gasteiger partial charge in [0.2, 0.25) is 12.0 Å². The second-order valence-electron chi connectivity index (χ2n) is 7.68. The predicted molar refractivity (Wildman–Crippen MR) is 119 cm³/mol. The number of amides is 2. The highest BCUT2D eigenvalue weighted by Crippen LogP contribution is 2.44. The molecular weight excluding hydrogens is 428 g/mol. The molecule has 2 unspecified atom stereocenters. The number of nitrogens with one attached hydrogen (secondary N) is 2. The van der Waals surface area contributed by atoms with E-state index in [9.17, 15) is 14.4 Å². The molecule has 0 aliphatic heterocycles. The van der Waals surface area contributed by atoms with Crippen molar-refractivity contribution in [3.05, 3.63) is 59.7 Å². The van der Waals surface area contributed by atoms with Gasteiger partial charge in [-0.15, -0.1) is 0 Å². The van der Waals surface area contributed by atoms with Gasteiger partial charge in [0.25, 0.3) is 0 Å². The Hall–Kier alpha value is -3.43. The highest BCUT2D eigenvalue weighted by atomic mass is 16.7. The molecule has 9 heteroatoms. The van der Waals surface area contributed by atoms with Crippen LogP contribution in [0.15, 0.2) is 48.5 Å². The number of hydrogen-bond donors (Lipinski definition) is 3. The van der Waals surface area contributed by atoms with E-state index < -0.39 is 30.0 Å². The van der Waals surface area contributed by atoms with Crippen molar-refractivity contribution in [3.8, 4) is 11.1 Å². The Balaban J connectivity index is 1.51. The van der Waals surface area contributed by atoms with Crippen molar-refractivity contribution >= 4 is 18.0 Å². The topological polar surface area (TPSA) is 123 Å². The number of carboxylic acid groups (broad SMARTS) is 1. The zero-order valence-electron chi connectivity index (χ0n) is 18.6. The molecule has 9 nitrogen and oxygen atoms in total. The second kappa shape index (κ2) is 11.4. The lowest BCUT2D eigenvalue weighted by Gasteiger charge is -2.18. The number of carbonyl (C=O) groups is 3. The Kier molecular flexibility index (Phi) is 8.39. The minimum absolute atomic E-state index is 0.0182. The minimum atomic E-state index is -1.33. The summed E-state index contributed by atoms with van der Waals surface area (Å²) in [6.07, 6.45) is -1.56. The fraction of sp³-hybridized carbons (Fsp3) is 0.375. The Bertz CT molecular complexity index is 949. The normalized spacial score (nSPS) is 14.0. The SMILES string of the molecule is CCC(CNC(=O)OCC1c2ccccc2-c2ccccc21)C(=O)NOC(COC)C(=O)O. The maximum atomic E-state index is 12.3. The number of rotatable bonds is 11. The van der Waals surface area contributed by atoms with Gasteiger partial charge >= 0.3 is 12.1 Å². The van der Waals surface area contributed by atoms with E-state index in [1.807, 2.05) is 36.4 Å². The van der Waals surface area contributed by atoms with Crippen LogP contribution in [0.5, 0.6) is 0 Å². The van der Waals surface area contributed by atoms with Gasteiger partial charge in [0, 0.05) is 19.6 Å². The number of aliphatic carboxylic acids is 1. The predicted octanol–water partition coefficient (Wildman–Crippen LogP) is 2.70. The van der Waals surface area contributed by atoms with Crippen LogP contribution in [0.2, 0.25) is 0 Å². The van der Waals surface area contributed by atoms with E-state index in [1.54, 1.807) is 6.92 Å². The van der Waals surface area contributed by atoms with Crippen LogP contribution in [0.3, 0.4) is 0 Å². The summed E-state index contributed by atoms with van der Waals surface area (Å²) in [4.78, 5) is 40.6. The fourth-order valence-corrected chi connectivity index (χ4v) is 3.80. The molecule has 0 radical (unpaired) electrons. The lowest BCUT2D eigenvalue weighted by molar-refractivity contribution is -0.166. The first kappa shape index (κ1) is 24.2. The summed E-state index contributed by atoms with van der Waals surface area (Å²) >= 11 is 0. The van der Waals surface area contributed by atoms with Crippen LogP contribution in [0, 0.1) is 5.92 Å². The highest BCUT2D eigenvalue weighted by molar-refractivity contribution is 5.80. The summed E-state index contributed by atoms with van der Waals surface area (Å²) in [6, 6.07) is 16.1. The molecule has 1 aliphatic carbocycles. The van der Waals surface area contributed by atoms with Gasteiger partial charge < -0.3 is 19.9 Å². The molecular formula is C24H28N2O7. The molecule has 0 heterocycles. The second-order valence-corrected chi connectivity index (χ2v) is 7.68. The van der Waals surface area contributed by atoms with E-state index in [0.717, 1.165) is 22.3 Å². The van der Waals surface area contributed by atoms with Crippen molar-refractivity contribution in [2.24, 2.45) is 5.92 Å². The van der Waals surface area contributed by atoms with E-state index in [0.29, 0.717) is 6.42 Å². The molecule has 2 amide bonds. The summed E-state index contributed by atoms with van der Waals surface area (Å²) in [5.74, 6) is -2.49. The number of ether oxygens (including phenoxy) is 2. The lowest BCUT2D eigenvalue weighted by Crippen LogP contribution is -2.42. The Morgan fingerprint density at radius 2 is 1.64 bits per heavy atom. The highest BCUT2D eigenvalue weighted by Gasteiger charge is 2.29. The number of fused-ring (bicyclic) bond motifs is 3. The van der Waals surface area contributed by atoms with Crippen molar-refractivity contribution in [2.75, 3.05) is 26.9 Å². The molecule has 0 aromatic heterocycles. The zero-order chi connectivity index (χ0) is 23.8. The third kappa shape index (κ3) is 5.88. The number of hydrogen-bond acceptors (Lipinski definition) is 6. The molecule has 1 aliphatic rings. The van der Waals surface area contributed by atoms with E-state index in [2.05, 4.69) is 22.9 Å². The third-order valence-electron chi connectivity index (χ3n) is 5.60. The van der Waals surface area contributed by atoms with Crippen molar-refractivity contribution in [2.45, 2.75) is 25.4 Å². The number of hydroxylamine groups is 1. The molecule has 0 fully saturated rings. The standard InChI is InChI=1S/C24H28N2O7/c1-3-15(22(27)26-33-21(14-31-2)23(28)29)12-25-24(30)32-13-20-18-10-6-4-8-16(18)17-9-5-7-11-19(17)20/h4-11,15,20-21H,3,12-14H2,1-2H3,(H,25,30)(H,26,27)(H,28,29). The Labute approximate surface area is 192 Å². The molecule has 0 spiro atoms. The van der Waals surface area contributed by atoms with E-state index in [4.69, 9.17) is 19.4 Å². The van der Waals surface area contributed by atoms with Crippen LogP contribution < -0.4 is 10.8 Å². The molecule has 176 valence electrons. The van der Waals surface area contributed by atoms with Crippen LogP contribution in [-0.4, -0.2) is 56.0 Å². The van der Waals surface area contributed by atoms with Gasteiger partial charge in [-0.3, -0.25) is 9.63 Å². The quantitative estimate of drug-likeness (QED) is 0.444. The van der Waals surface area contributed by atoms with Crippen molar-refractivity contribution in [1.29, 1.82) is 0 Å². The summed E-state index contributed by atoms with van der Waals surface area (Å²) in [5.41, 5.74) is 6.62. The van der Waals surface area contributed by atoms with Gasteiger partial charge in [-0.2, -0.15) is 0 Å². The maximum absolute atomic E-state index is 12.3. The number of carbonyl (C=O) groups excluding carboxylic acids is 2. The van der Waals surface area contributed by atoms with Crippen LogP contribution in [0.1, 0.15) is 30.4 Å². The largest absolute Gasteiger partial charge is 0.479 e. The summed E-state index contributed by atoms with van der Waals surface area (Å²) in [6.45, 7) is 1.74. The van der Waals surface area contributed by atoms with Crippen LogP contribution in [-0.2, 0) is 23.9 Å². The number of carboxylic acids is 1. The maximum Gasteiger partial charge on any atom is 0.407 e. The van der Waals surface area contributed by atoms with E-state index in [-0.39, 0.29) is 25.7 Å². The molecule has 3 rings (SSSR count). The van der Waals surface area contributed by atoms with E-state index >= 15 is 0 Å². The van der Waals surface area contributed by atoms with Gasteiger partial charge in [-0.05, 0) is 28.7 Å². The van der Waals surface area contributed by atoms with Crippen LogP contribution in [0.25, 0.3) is 11.1 Å². The van der Waals surface area contributed by atoms with Gasteiger partial charge in [0.15, 0.2) is 0 Å². The molecule has 2 aromatic carbocycles. The average molecular weight is 456 g/mol. The average Bonchev–Trinajstić information content (AvgIpc) is 3.14. The smallest absolute Gasteiger partial charge is 0.407 e. The van der Waals surface area contributed by atoms with Gasteiger partial charge in [0.05, 0.1) is 12.5 Å². The van der Waals surface area contributed by atoms with Crippen LogP contribution in [0.4, 0.5) is 4.79 Å². The summed E-state index contributed by atoms with van der Waals surface area (Å²) < 4.78 is 10.2. The number of methoxy groups -OCH3 is 1. The third-order valence-corrected chi connectivity index (χ3v) is 5.60. The number of benzene rings is 2. The van der Waals surface area contributed by atoms with E-state index in [1.165, 1.54) is 7.11 Å². The first-order valence-corrected chi connectivity index (χ1v) is 10.7. The van der Waals surface area contributed by atoms with Crippen molar-refractivity contribution in [1.82, 2.24) is 10.8 Å².